The Bertz CT molecular complexity index is 410. The zero-order valence-corrected chi connectivity index (χ0v) is 10.9. The molecule has 0 aliphatic carbocycles. The lowest BCUT2D eigenvalue weighted by Gasteiger charge is -2.07. The van der Waals surface area contributed by atoms with Crippen LogP contribution in [0.25, 0.3) is 0 Å². The van der Waals surface area contributed by atoms with Crippen molar-refractivity contribution >= 4 is 23.5 Å². The predicted octanol–water partition coefficient (Wildman–Crippen LogP) is 1.89. The minimum absolute atomic E-state index is 0.0682. The minimum Gasteiger partial charge on any atom is -0.369 e. The lowest BCUT2D eigenvalue weighted by atomic mass is 10.3. The molecule has 19 heavy (non-hydrogen) atoms. The summed E-state index contributed by atoms with van der Waals surface area (Å²) in [5, 5.41) is 12.7. The van der Waals surface area contributed by atoms with E-state index in [1.807, 2.05) is 6.92 Å². The Morgan fingerprint density at radius 3 is 2.63 bits per heavy atom. The molecule has 0 unspecified atom stereocenters. The number of carbonyl (C=O) groups excluding carboxylic acids is 1. The van der Waals surface area contributed by atoms with Gasteiger partial charge in [-0.2, -0.15) is 13.2 Å². The van der Waals surface area contributed by atoms with Crippen molar-refractivity contribution in [1.82, 2.24) is 15.5 Å². The van der Waals surface area contributed by atoms with E-state index >= 15 is 0 Å². The number of alkyl halides is 3. The van der Waals surface area contributed by atoms with Crippen LogP contribution in [-0.2, 0) is 0 Å². The Hall–Kier alpha value is -1.51. The third-order valence-electron chi connectivity index (χ3n) is 1.91. The molecule has 0 saturated carbocycles. The van der Waals surface area contributed by atoms with Crippen molar-refractivity contribution in [2.45, 2.75) is 12.4 Å². The summed E-state index contributed by atoms with van der Waals surface area (Å²) in [7, 11) is 0. The first kappa shape index (κ1) is 15.5. The van der Waals surface area contributed by atoms with E-state index in [0.717, 1.165) is 0 Å². The Morgan fingerprint density at radius 1 is 1.37 bits per heavy atom. The standard InChI is InChI=1S/C10H13F3N4OS/c1-2-14-8-4-3-7(16-17-8)9(18)15-5-6-19-10(11,12)13/h3-4H,2,5-6H2,1H3,(H,14,17)(H,15,18). The monoisotopic (exact) mass is 294 g/mol. The van der Waals surface area contributed by atoms with Gasteiger partial charge in [0.25, 0.3) is 5.91 Å². The van der Waals surface area contributed by atoms with Crippen LogP contribution in [0.1, 0.15) is 17.4 Å². The maximum Gasteiger partial charge on any atom is 0.441 e. The second kappa shape index (κ2) is 7.17. The van der Waals surface area contributed by atoms with Gasteiger partial charge in [0.15, 0.2) is 5.69 Å². The molecule has 0 fully saturated rings. The highest BCUT2D eigenvalue weighted by molar-refractivity contribution is 8.00. The zero-order chi connectivity index (χ0) is 14.3. The highest BCUT2D eigenvalue weighted by atomic mass is 32.2. The van der Waals surface area contributed by atoms with E-state index in [2.05, 4.69) is 20.8 Å². The highest BCUT2D eigenvalue weighted by Crippen LogP contribution is 2.29. The second-order valence-corrected chi connectivity index (χ2v) is 4.54. The highest BCUT2D eigenvalue weighted by Gasteiger charge is 2.27. The summed E-state index contributed by atoms with van der Waals surface area (Å²) >= 11 is -0.181. The summed E-state index contributed by atoms with van der Waals surface area (Å²) in [6.45, 7) is 2.48. The molecule has 0 spiro atoms. The number of rotatable bonds is 6. The molecule has 5 nitrogen and oxygen atoms in total. The SMILES string of the molecule is CCNc1ccc(C(=O)NCCSC(F)(F)F)nn1. The number of amides is 1. The number of nitrogens with one attached hydrogen (secondary N) is 2. The molecular weight excluding hydrogens is 281 g/mol. The molecule has 9 heteroatoms. The third kappa shape index (κ3) is 6.27. The summed E-state index contributed by atoms with van der Waals surface area (Å²) in [5.74, 6) is -0.247. The number of nitrogens with zero attached hydrogens (tertiary/aromatic N) is 2. The van der Waals surface area contributed by atoms with Crippen LogP contribution in [0, 0.1) is 0 Å². The largest absolute Gasteiger partial charge is 0.441 e. The van der Waals surface area contributed by atoms with Crippen LogP contribution >= 0.6 is 11.8 Å². The van der Waals surface area contributed by atoms with Gasteiger partial charge in [-0.25, -0.2) is 0 Å². The quantitative estimate of drug-likeness (QED) is 0.784. The maximum absolute atomic E-state index is 11.8. The van der Waals surface area contributed by atoms with Crippen molar-refractivity contribution in [3.63, 3.8) is 0 Å². The summed E-state index contributed by atoms with van der Waals surface area (Å²) in [6, 6.07) is 3.03. The molecule has 1 aromatic heterocycles. The fraction of sp³-hybridized carbons (Fsp3) is 0.500. The van der Waals surface area contributed by atoms with Gasteiger partial charge in [-0.15, -0.1) is 10.2 Å². The van der Waals surface area contributed by atoms with Gasteiger partial charge in [0.05, 0.1) is 0 Å². The summed E-state index contributed by atoms with van der Waals surface area (Å²) in [4.78, 5) is 11.5. The molecule has 0 aliphatic rings. The molecular formula is C10H13F3N4OS. The van der Waals surface area contributed by atoms with Gasteiger partial charge in [-0.05, 0) is 30.8 Å². The van der Waals surface area contributed by atoms with Crippen LogP contribution < -0.4 is 10.6 Å². The Kier molecular flexibility index (Phi) is 5.87. The zero-order valence-electron chi connectivity index (χ0n) is 10.1. The first-order valence-corrected chi connectivity index (χ1v) is 6.47. The number of thioether (sulfide) groups is 1. The Balaban J connectivity index is 2.37. The minimum atomic E-state index is -4.28. The third-order valence-corrected chi connectivity index (χ3v) is 2.64. The van der Waals surface area contributed by atoms with E-state index in [1.165, 1.54) is 6.07 Å². The Labute approximate surface area is 112 Å². The van der Waals surface area contributed by atoms with E-state index in [-0.39, 0.29) is 29.8 Å². The average Bonchev–Trinajstić information content (AvgIpc) is 2.34. The Morgan fingerprint density at radius 2 is 2.11 bits per heavy atom. The topological polar surface area (TPSA) is 66.9 Å². The van der Waals surface area contributed by atoms with Crippen molar-refractivity contribution in [3.05, 3.63) is 17.8 Å². The fourth-order valence-electron chi connectivity index (χ4n) is 1.15. The number of hydrogen-bond acceptors (Lipinski definition) is 5. The molecule has 0 atom stereocenters. The van der Waals surface area contributed by atoms with Gasteiger partial charge < -0.3 is 10.6 Å². The molecule has 0 saturated heterocycles. The van der Waals surface area contributed by atoms with Crippen molar-refractivity contribution in [2.75, 3.05) is 24.2 Å². The average molecular weight is 294 g/mol. The van der Waals surface area contributed by atoms with E-state index in [1.54, 1.807) is 6.07 Å². The number of aromatic nitrogens is 2. The van der Waals surface area contributed by atoms with Crippen molar-refractivity contribution in [3.8, 4) is 0 Å². The molecule has 1 rings (SSSR count). The second-order valence-electron chi connectivity index (χ2n) is 3.38. The van der Waals surface area contributed by atoms with Crippen LogP contribution in [-0.4, -0.2) is 40.5 Å². The van der Waals surface area contributed by atoms with Gasteiger partial charge in [-0.3, -0.25) is 4.79 Å². The number of hydrogen-bond donors (Lipinski definition) is 2. The van der Waals surface area contributed by atoms with Crippen LogP contribution in [0.15, 0.2) is 12.1 Å². The van der Waals surface area contributed by atoms with Crippen LogP contribution in [0.3, 0.4) is 0 Å². The molecule has 0 aromatic carbocycles. The van der Waals surface area contributed by atoms with E-state index in [4.69, 9.17) is 0 Å². The maximum atomic E-state index is 11.8. The van der Waals surface area contributed by atoms with Gasteiger partial charge in [-0.1, -0.05) is 0 Å². The molecule has 2 N–H and O–H groups in total. The van der Waals surface area contributed by atoms with E-state index < -0.39 is 11.4 Å². The lowest BCUT2D eigenvalue weighted by molar-refractivity contribution is -0.0327. The van der Waals surface area contributed by atoms with Crippen molar-refractivity contribution in [1.29, 1.82) is 0 Å². The van der Waals surface area contributed by atoms with E-state index in [0.29, 0.717) is 12.4 Å². The van der Waals surface area contributed by atoms with Gasteiger partial charge >= 0.3 is 5.51 Å². The van der Waals surface area contributed by atoms with Crippen LogP contribution in [0.5, 0.6) is 0 Å². The number of anilines is 1. The first-order valence-electron chi connectivity index (χ1n) is 5.49. The molecule has 1 aromatic rings. The van der Waals surface area contributed by atoms with Crippen molar-refractivity contribution in [2.24, 2.45) is 0 Å². The number of carbonyl (C=O) groups is 1. The smallest absolute Gasteiger partial charge is 0.369 e. The first-order chi connectivity index (χ1) is 8.92. The summed E-state index contributed by atoms with van der Waals surface area (Å²) in [6.07, 6.45) is 0. The molecule has 1 amide bonds. The van der Waals surface area contributed by atoms with Crippen LogP contribution in [0.2, 0.25) is 0 Å². The molecule has 0 radical (unpaired) electrons. The molecule has 0 aliphatic heterocycles. The molecule has 0 bridgehead atoms. The van der Waals surface area contributed by atoms with Crippen LogP contribution in [0.4, 0.5) is 19.0 Å². The molecule has 1 heterocycles. The van der Waals surface area contributed by atoms with Gasteiger partial charge in [0, 0.05) is 18.8 Å². The summed E-state index contributed by atoms with van der Waals surface area (Å²) in [5.41, 5.74) is -4.21. The van der Waals surface area contributed by atoms with Crippen molar-refractivity contribution < 1.29 is 18.0 Å². The predicted molar refractivity (Wildman–Crippen MR) is 67.0 cm³/mol. The fourth-order valence-corrected chi connectivity index (χ4v) is 1.59. The summed E-state index contributed by atoms with van der Waals surface area (Å²) < 4.78 is 35.5. The van der Waals surface area contributed by atoms with Gasteiger partial charge in [0.2, 0.25) is 0 Å². The van der Waals surface area contributed by atoms with Gasteiger partial charge in [0.1, 0.15) is 5.82 Å². The van der Waals surface area contributed by atoms with E-state index in [9.17, 15) is 18.0 Å². The lowest BCUT2D eigenvalue weighted by Crippen LogP contribution is -2.27. The number of halogens is 3. The molecule has 106 valence electrons. The normalized spacial score (nSPS) is 11.2.